The first-order chi connectivity index (χ1) is 30.5. The monoisotopic (exact) mass is 858 g/mol. The lowest BCUT2D eigenvalue weighted by molar-refractivity contribution is -0.136. The van der Waals surface area contributed by atoms with Gasteiger partial charge in [0.25, 0.3) is 17.7 Å². The van der Waals surface area contributed by atoms with Gasteiger partial charge < -0.3 is 30.2 Å². The van der Waals surface area contributed by atoms with Crippen LogP contribution in [-0.2, 0) is 22.4 Å². The molecular weight excluding hydrogens is 805 g/mol. The first kappa shape index (κ1) is 40.9. The van der Waals surface area contributed by atoms with Gasteiger partial charge in [0, 0.05) is 90.3 Å². The Kier molecular flexibility index (Phi) is 10.7. The average molecular weight is 859 g/mol. The highest BCUT2D eigenvalue weighted by Gasteiger charge is 2.51. The van der Waals surface area contributed by atoms with Crippen LogP contribution in [-0.4, -0.2) is 161 Å². The summed E-state index contributed by atoms with van der Waals surface area (Å²) in [6, 6.07) is 13.4. The number of piperidine rings is 3. The number of fused-ring (bicyclic) bond motifs is 3. The van der Waals surface area contributed by atoms with Crippen LogP contribution < -0.4 is 25.8 Å². The molecule has 7 heterocycles. The molecule has 7 amide bonds. The molecule has 6 aliphatic heterocycles. The van der Waals surface area contributed by atoms with Gasteiger partial charge in [-0.2, -0.15) is 0 Å². The van der Waals surface area contributed by atoms with E-state index in [0.29, 0.717) is 47.4 Å². The highest BCUT2D eigenvalue weighted by Crippen LogP contribution is 2.42. The lowest BCUT2D eigenvalue weighted by atomic mass is 9.95. The summed E-state index contributed by atoms with van der Waals surface area (Å²) < 4.78 is 0. The second-order valence-corrected chi connectivity index (χ2v) is 18.4. The Morgan fingerprint density at radius 1 is 0.762 bits per heavy atom. The van der Waals surface area contributed by atoms with E-state index in [1.165, 1.54) is 5.69 Å². The number of carbonyl (C=O) groups is 6. The van der Waals surface area contributed by atoms with E-state index in [0.717, 1.165) is 107 Å². The van der Waals surface area contributed by atoms with Crippen LogP contribution in [0.3, 0.4) is 0 Å². The van der Waals surface area contributed by atoms with E-state index in [1.807, 2.05) is 18.0 Å². The minimum absolute atomic E-state index is 0.0791. The number of anilines is 3. The maximum Gasteiger partial charge on any atom is 0.320 e. The second-order valence-electron chi connectivity index (χ2n) is 18.4. The summed E-state index contributed by atoms with van der Waals surface area (Å²) in [5.41, 5.74) is 10.2. The smallest absolute Gasteiger partial charge is 0.320 e. The highest BCUT2D eigenvalue weighted by molar-refractivity contribution is 6.23. The van der Waals surface area contributed by atoms with E-state index >= 15 is 0 Å². The number of primary amides is 1. The van der Waals surface area contributed by atoms with Gasteiger partial charge in [-0.25, -0.2) is 9.78 Å². The summed E-state index contributed by atoms with van der Waals surface area (Å²) in [6.45, 7) is 8.88. The van der Waals surface area contributed by atoms with E-state index in [1.54, 1.807) is 17.0 Å². The van der Waals surface area contributed by atoms with Crippen molar-refractivity contribution in [3.05, 3.63) is 70.5 Å². The number of hydrogen-bond donors (Lipinski definition) is 2. The largest absolute Gasteiger partial charge is 0.371 e. The Balaban J connectivity index is 0.692. The van der Waals surface area contributed by atoms with Gasteiger partial charge >= 0.3 is 6.03 Å². The lowest BCUT2D eigenvalue weighted by Gasteiger charge is -2.40. The molecule has 18 heteroatoms. The molecule has 18 nitrogen and oxygen atoms in total. The van der Waals surface area contributed by atoms with Crippen LogP contribution in [0.25, 0.3) is 0 Å². The number of piperazine rings is 1. The standard InChI is InChI=1S/C45H54N12O6/c1-51-16-21-55(45(51)63)36-22-29-23-37(36)56(26-29)44-47-34(39(40(46)59)49-50-44)9-4-27-2-5-30(6-3-27)54-19-17-52(18-20-54)25-28-12-14-53(15-13-28)31-7-8-32-33(24-31)43(62)57(42(32)61)35-10-11-38(58)48-41(35)60/h2-3,5-8,24,28-29,35-37H,4,9-23,25-26H2,1H3,(H2,46,59)(H,48,58,60). The Bertz CT molecular complexity index is 2340. The molecule has 10 rings (SSSR count). The number of nitrogens with one attached hydrogen (secondary N) is 1. The fraction of sp³-hybridized carbons (Fsp3) is 0.533. The van der Waals surface area contributed by atoms with Crippen molar-refractivity contribution in [2.24, 2.45) is 17.6 Å². The van der Waals surface area contributed by atoms with Crippen LogP contribution in [0, 0.1) is 11.8 Å². The molecule has 1 aromatic heterocycles. The lowest BCUT2D eigenvalue weighted by Crippen LogP contribution is -2.54. The normalized spacial score (nSPS) is 25.5. The number of aromatic nitrogens is 3. The maximum absolute atomic E-state index is 13.4. The molecule has 2 bridgehead atoms. The molecule has 63 heavy (non-hydrogen) atoms. The quantitative estimate of drug-likeness (QED) is 0.263. The number of aryl methyl sites for hydroxylation is 2. The van der Waals surface area contributed by atoms with Crippen molar-refractivity contribution in [3.63, 3.8) is 0 Å². The summed E-state index contributed by atoms with van der Waals surface area (Å²) in [7, 11) is 1.85. The number of hydrogen-bond acceptors (Lipinski definition) is 13. The first-order valence-corrected chi connectivity index (χ1v) is 22.5. The van der Waals surface area contributed by atoms with E-state index in [4.69, 9.17) is 10.7 Å². The number of urea groups is 1. The molecule has 0 radical (unpaired) electrons. The van der Waals surface area contributed by atoms with Crippen LogP contribution >= 0.6 is 0 Å². The van der Waals surface area contributed by atoms with Crippen molar-refractivity contribution in [3.8, 4) is 0 Å². The molecule has 6 fully saturated rings. The molecule has 3 N–H and O–H groups in total. The Hall–Kier alpha value is -6.17. The first-order valence-electron chi connectivity index (χ1n) is 22.5. The number of amides is 7. The zero-order valence-electron chi connectivity index (χ0n) is 35.7. The van der Waals surface area contributed by atoms with E-state index in [-0.39, 0.29) is 36.7 Å². The van der Waals surface area contributed by atoms with Crippen molar-refractivity contribution in [2.45, 2.75) is 69.5 Å². The van der Waals surface area contributed by atoms with E-state index in [9.17, 15) is 28.8 Å². The zero-order valence-corrected chi connectivity index (χ0v) is 35.7. The number of rotatable bonds is 11. The van der Waals surface area contributed by atoms with Gasteiger partial charge in [0.1, 0.15) is 6.04 Å². The molecule has 1 saturated carbocycles. The van der Waals surface area contributed by atoms with Gasteiger partial charge in [-0.05, 0) is 92.7 Å². The third-order valence-electron chi connectivity index (χ3n) is 14.6. The maximum atomic E-state index is 13.4. The summed E-state index contributed by atoms with van der Waals surface area (Å²) in [4.78, 5) is 95.0. The molecule has 0 spiro atoms. The van der Waals surface area contributed by atoms with Gasteiger partial charge in [-0.3, -0.25) is 39.1 Å². The molecule has 1 aliphatic carbocycles. The minimum Gasteiger partial charge on any atom is -0.371 e. The molecule has 4 atom stereocenters. The number of imide groups is 2. The van der Waals surface area contributed by atoms with E-state index in [2.05, 4.69) is 59.4 Å². The molecular formula is C45H54N12O6. The van der Waals surface area contributed by atoms with Crippen molar-refractivity contribution in [1.29, 1.82) is 0 Å². The Morgan fingerprint density at radius 3 is 2.14 bits per heavy atom. The highest BCUT2D eigenvalue weighted by atomic mass is 16.2. The fourth-order valence-corrected chi connectivity index (χ4v) is 11.1. The number of benzene rings is 2. The molecule has 3 aromatic rings. The van der Waals surface area contributed by atoms with Gasteiger partial charge in [0.15, 0.2) is 5.69 Å². The number of likely N-dealkylation sites (N-methyl/N-ethyl adjacent to an activating group) is 1. The van der Waals surface area contributed by atoms with Crippen molar-refractivity contribution in [2.75, 3.05) is 87.2 Å². The second kappa shape index (κ2) is 16.5. The average Bonchev–Trinajstić information content (AvgIpc) is 4.05. The zero-order chi connectivity index (χ0) is 43.5. The third kappa shape index (κ3) is 7.71. The molecule has 4 unspecified atom stereocenters. The van der Waals surface area contributed by atoms with Gasteiger partial charge in [-0.15, -0.1) is 10.2 Å². The topological polar surface area (TPSA) is 202 Å². The van der Waals surface area contributed by atoms with Gasteiger partial charge in [-0.1, -0.05) is 12.1 Å². The van der Waals surface area contributed by atoms with Crippen LogP contribution in [0.2, 0.25) is 0 Å². The molecule has 7 aliphatic rings. The summed E-state index contributed by atoms with van der Waals surface area (Å²) in [6.07, 6.45) is 5.43. The fourth-order valence-electron chi connectivity index (χ4n) is 11.1. The third-order valence-corrected chi connectivity index (χ3v) is 14.6. The Morgan fingerprint density at radius 2 is 1.46 bits per heavy atom. The summed E-state index contributed by atoms with van der Waals surface area (Å²) >= 11 is 0. The molecule has 2 aromatic carbocycles. The number of carbonyl (C=O) groups excluding carboxylic acids is 6. The number of nitrogens with zero attached hydrogens (tertiary/aromatic N) is 10. The van der Waals surface area contributed by atoms with Crippen molar-refractivity contribution in [1.82, 2.24) is 40.1 Å². The summed E-state index contributed by atoms with van der Waals surface area (Å²) in [5, 5.41) is 10.9. The minimum atomic E-state index is -0.972. The Labute approximate surface area is 365 Å². The van der Waals surface area contributed by atoms with Crippen LogP contribution in [0.5, 0.6) is 0 Å². The van der Waals surface area contributed by atoms with Gasteiger partial charge in [0.05, 0.1) is 28.9 Å². The van der Waals surface area contributed by atoms with Crippen molar-refractivity contribution >= 4 is 52.9 Å². The van der Waals surface area contributed by atoms with Gasteiger partial charge in [0.2, 0.25) is 17.8 Å². The SMILES string of the molecule is CN1CCN(C2CC3CC2N(c2nnc(C(N)=O)c(CCc4ccc(N5CCN(CC6CCN(c7ccc8c(c7)C(=O)N(C7CCC(=O)NC7=O)C8=O)CC6)CC5)cc4)n2)C3)C1=O. The summed E-state index contributed by atoms with van der Waals surface area (Å²) in [5.74, 6) is -1.07. The van der Waals surface area contributed by atoms with Crippen LogP contribution in [0.1, 0.15) is 81.0 Å². The molecule has 330 valence electrons. The van der Waals surface area contributed by atoms with Crippen LogP contribution in [0.4, 0.5) is 22.1 Å². The van der Waals surface area contributed by atoms with Crippen molar-refractivity contribution < 1.29 is 28.8 Å². The molecule has 5 saturated heterocycles. The van der Waals surface area contributed by atoms with E-state index < -0.39 is 35.6 Å². The van der Waals surface area contributed by atoms with Crippen LogP contribution in [0.15, 0.2) is 42.5 Å². The predicted octanol–water partition coefficient (Wildman–Crippen LogP) is 1.53. The predicted molar refractivity (Wildman–Crippen MR) is 231 cm³/mol. The number of nitrogens with two attached hydrogens (primary N) is 1.